The molecule has 2 N–H and O–H groups in total. The summed E-state index contributed by atoms with van der Waals surface area (Å²) in [5, 5.41) is 0. The average molecular weight is 237 g/mol. The molecular weight excluding hydrogens is 218 g/mol. The molecule has 0 radical (unpaired) electrons. The fourth-order valence-corrected chi connectivity index (χ4v) is 1.73. The fraction of sp³-hybridized carbons (Fsp3) is 0.462. The van der Waals surface area contributed by atoms with E-state index in [2.05, 4.69) is 0 Å². The predicted octanol–water partition coefficient (Wildman–Crippen LogP) is 1.87. The molecule has 1 aromatic rings. The van der Waals surface area contributed by atoms with Crippen LogP contribution < -0.4 is 10.5 Å². The molecule has 0 aliphatic rings. The van der Waals surface area contributed by atoms with Crippen LogP contribution in [-0.4, -0.2) is 19.7 Å². The van der Waals surface area contributed by atoms with E-state index in [9.17, 15) is 4.79 Å². The molecule has 94 valence electrons. The quantitative estimate of drug-likeness (QED) is 0.812. The second-order valence-corrected chi connectivity index (χ2v) is 3.84. The molecule has 0 heterocycles. The van der Waals surface area contributed by atoms with Gasteiger partial charge in [0, 0.05) is 0 Å². The number of nitrogens with two attached hydrogens (primary N) is 1. The van der Waals surface area contributed by atoms with Crippen LogP contribution in [0.3, 0.4) is 0 Å². The first-order chi connectivity index (χ1) is 8.02. The zero-order valence-electron chi connectivity index (χ0n) is 10.7. The molecule has 4 heteroatoms. The summed E-state index contributed by atoms with van der Waals surface area (Å²) >= 11 is 0. The van der Waals surface area contributed by atoms with Gasteiger partial charge in [-0.15, -0.1) is 0 Å². The molecule has 0 aromatic heterocycles. The average Bonchev–Trinajstić information content (AvgIpc) is 2.32. The van der Waals surface area contributed by atoms with Crippen molar-refractivity contribution >= 4 is 5.97 Å². The summed E-state index contributed by atoms with van der Waals surface area (Å²) in [4.78, 5) is 11.6. The first kappa shape index (κ1) is 13.5. The van der Waals surface area contributed by atoms with Crippen molar-refractivity contribution in [3.8, 4) is 5.75 Å². The number of hydrogen-bond acceptors (Lipinski definition) is 4. The van der Waals surface area contributed by atoms with E-state index in [1.165, 1.54) is 0 Å². The highest BCUT2D eigenvalue weighted by Gasteiger charge is 2.20. The Morgan fingerprint density at radius 3 is 2.53 bits per heavy atom. The van der Waals surface area contributed by atoms with Crippen LogP contribution in [0.4, 0.5) is 0 Å². The van der Waals surface area contributed by atoms with E-state index in [-0.39, 0.29) is 0 Å². The van der Waals surface area contributed by atoms with Crippen molar-refractivity contribution in [3.05, 3.63) is 28.8 Å². The minimum absolute atomic E-state index is 0.334. The smallest absolute Gasteiger partial charge is 0.327 e. The lowest BCUT2D eigenvalue weighted by Gasteiger charge is -2.16. The largest absolute Gasteiger partial charge is 0.496 e. The number of methoxy groups -OCH3 is 1. The summed E-state index contributed by atoms with van der Waals surface area (Å²) in [5.74, 6) is 0.391. The Morgan fingerprint density at radius 2 is 2.00 bits per heavy atom. The Labute approximate surface area is 102 Å². The summed E-state index contributed by atoms with van der Waals surface area (Å²) in [6.45, 7) is 5.96. The van der Waals surface area contributed by atoms with Crippen molar-refractivity contribution < 1.29 is 14.3 Å². The lowest BCUT2D eigenvalue weighted by Crippen LogP contribution is -2.24. The van der Waals surface area contributed by atoms with Crippen molar-refractivity contribution in [2.24, 2.45) is 5.73 Å². The Kier molecular flexibility index (Phi) is 4.52. The topological polar surface area (TPSA) is 61.5 Å². The van der Waals surface area contributed by atoms with Crippen LogP contribution in [0.1, 0.15) is 29.7 Å². The van der Waals surface area contributed by atoms with Crippen LogP contribution in [-0.2, 0) is 9.53 Å². The molecule has 0 spiro atoms. The van der Waals surface area contributed by atoms with E-state index < -0.39 is 12.0 Å². The van der Waals surface area contributed by atoms with Crippen LogP contribution in [0.2, 0.25) is 0 Å². The Hall–Kier alpha value is -1.55. The number of esters is 1. The van der Waals surface area contributed by atoms with E-state index in [0.717, 1.165) is 22.4 Å². The second kappa shape index (κ2) is 5.68. The van der Waals surface area contributed by atoms with Gasteiger partial charge in [-0.25, -0.2) is 4.79 Å². The number of ether oxygens (including phenoxy) is 2. The molecule has 0 bridgehead atoms. The van der Waals surface area contributed by atoms with E-state index in [4.69, 9.17) is 15.2 Å². The van der Waals surface area contributed by atoms with Gasteiger partial charge in [0.1, 0.15) is 11.8 Å². The molecule has 1 aromatic carbocycles. The third-order valence-corrected chi connectivity index (χ3v) is 2.87. The number of benzene rings is 1. The maximum atomic E-state index is 11.6. The highest BCUT2D eigenvalue weighted by molar-refractivity contribution is 5.78. The third kappa shape index (κ3) is 2.77. The SMILES string of the molecule is CCOC(=O)C(N)c1ccc(OC)c(C)c1C. The molecule has 0 saturated carbocycles. The molecule has 1 rings (SSSR count). The van der Waals surface area contributed by atoms with Crippen molar-refractivity contribution in [2.45, 2.75) is 26.8 Å². The normalized spacial score (nSPS) is 12.1. The Morgan fingerprint density at radius 1 is 1.35 bits per heavy atom. The minimum Gasteiger partial charge on any atom is -0.496 e. The lowest BCUT2D eigenvalue weighted by molar-refractivity contribution is -0.144. The summed E-state index contributed by atoms with van der Waals surface area (Å²) < 4.78 is 10.1. The van der Waals surface area contributed by atoms with E-state index in [0.29, 0.717) is 6.61 Å². The Balaban J connectivity index is 3.07. The van der Waals surface area contributed by atoms with Crippen molar-refractivity contribution in [3.63, 3.8) is 0 Å². The molecule has 0 amide bonds. The number of carbonyl (C=O) groups excluding carboxylic acids is 1. The molecule has 17 heavy (non-hydrogen) atoms. The maximum absolute atomic E-state index is 11.6. The van der Waals surface area contributed by atoms with E-state index >= 15 is 0 Å². The predicted molar refractivity (Wildman–Crippen MR) is 66.0 cm³/mol. The van der Waals surface area contributed by atoms with Crippen LogP contribution in [0.15, 0.2) is 12.1 Å². The monoisotopic (exact) mass is 237 g/mol. The van der Waals surface area contributed by atoms with Gasteiger partial charge in [0.2, 0.25) is 0 Å². The fourth-order valence-electron chi connectivity index (χ4n) is 1.73. The van der Waals surface area contributed by atoms with Gasteiger partial charge in [-0.2, -0.15) is 0 Å². The van der Waals surface area contributed by atoms with Gasteiger partial charge < -0.3 is 15.2 Å². The van der Waals surface area contributed by atoms with Crippen LogP contribution >= 0.6 is 0 Å². The van der Waals surface area contributed by atoms with E-state index in [1.54, 1.807) is 14.0 Å². The van der Waals surface area contributed by atoms with Gasteiger partial charge in [0.25, 0.3) is 0 Å². The van der Waals surface area contributed by atoms with Crippen LogP contribution in [0, 0.1) is 13.8 Å². The van der Waals surface area contributed by atoms with Gasteiger partial charge in [-0.1, -0.05) is 6.07 Å². The summed E-state index contributed by atoms with van der Waals surface area (Å²) in [6.07, 6.45) is 0. The van der Waals surface area contributed by atoms with Gasteiger partial charge in [0.05, 0.1) is 13.7 Å². The van der Waals surface area contributed by atoms with Gasteiger partial charge in [-0.3, -0.25) is 0 Å². The van der Waals surface area contributed by atoms with Gasteiger partial charge >= 0.3 is 5.97 Å². The van der Waals surface area contributed by atoms with Crippen molar-refractivity contribution in [1.82, 2.24) is 0 Å². The van der Waals surface area contributed by atoms with Crippen LogP contribution in [0.5, 0.6) is 5.75 Å². The number of hydrogen-bond donors (Lipinski definition) is 1. The molecule has 0 saturated heterocycles. The third-order valence-electron chi connectivity index (χ3n) is 2.87. The first-order valence-corrected chi connectivity index (χ1v) is 5.59. The summed E-state index contributed by atoms with van der Waals surface area (Å²) in [6, 6.07) is 2.89. The zero-order chi connectivity index (χ0) is 13.0. The molecule has 0 fully saturated rings. The maximum Gasteiger partial charge on any atom is 0.327 e. The molecular formula is C13H19NO3. The van der Waals surface area contributed by atoms with Gasteiger partial charge in [-0.05, 0) is 43.5 Å². The summed E-state index contributed by atoms with van der Waals surface area (Å²) in [7, 11) is 1.62. The highest BCUT2D eigenvalue weighted by Crippen LogP contribution is 2.27. The molecule has 0 aliphatic heterocycles. The second-order valence-electron chi connectivity index (χ2n) is 3.84. The first-order valence-electron chi connectivity index (χ1n) is 5.59. The standard InChI is InChI=1S/C13H19NO3/c1-5-17-13(15)12(14)10-6-7-11(16-4)9(3)8(10)2/h6-7,12H,5,14H2,1-4H3. The molecule has 1 unspecified atom stereocenters. The lowest BCUT2D eigenvalue weighted by atomic mass is 9.97. The number of rotatable bonds is 4. The van der Waals surface area contributed by atoms with Crippen molar-refractivity contribution in [2.75, 3.05) is 13.7 Å². The molecule has 4 nitrogen and oxygen atoms in total. The van der Waals surface area contributed by atoms with E-state index in [1.807, 2.05) is 26.0 Å². The number of carbonyl (C=O) groups is 1. The van der Waals surface area contributed by atoms with Crippen LogP contribution in [0.25, 0.3) is 0 Å². The minimum atomic E-state index is -0.737. The Bertz CT molecular complexity index is 415. The summed E-state index contributed by atoms with van der Waals surface area (Å²) in [5.41, 5.74) is 8.60. The zero-order valence-corrected chi connectivity index (χ0v) is 10.7. The molecule has 0 aliphatic carbocycles. The molecule has 1 atom stereocenters. The van der Waals surface area contributed by atoms with Gasteiger partial charge in [0.15, 0.2) is 0 Å². The van der Waals surface area contributed by atoms with Crippen molar-refractivity contribution in [1.29, 1.82) is 0 Å². The highest BCUT2D eigenvalue weighted by atomic mass is 16.5.